The highest BCUT2D eigenvalue weighted by Crippen LogP contribution is 2.00. The highest BCUT2D eigenvalue weighted by atomic mass is 32.2. The van der Waals surface area contributed by atoms with Crippen LogP contribution in [0.3, 0.4) is 0 Å². The Bertz CT molecular complexity index is 159. The van der Waals surface area contributed by atoms with Gasteiger partial charge >= 0.3 is 0 Å². The molecule has 4 nitrogen and oxygen atoms in total. The molecule has 0 radical (unpaired) electrons. The smallest absolute Gasteiger partial charge is 0.267 e. The van der Waals surface area contributed by atoms with Crippen LogP contribution in [0, 0.1) is 0 Å². The third-order valence-corrected chi connectivity index (χ3v) is 2.30. The van der Waals surface area contributed by atoms with Crippen LogP contribution >= 0.6 is 0 Å². The van der Waals surface area contributed by atoms with Crippen molar-refractivity contribution in [2.24, 2.45) is 0 Å². The lowest BCUT2D eigenvalue weighted by atomic mass is 10.4. The topological polar surface area (TPSA) is 74.6 Å². The minimum atomic E-state index is -3.92. The van der Waals surface area contributed by atoms with Crippen LogP contribution in [-0.2, 0) is 10.1 Å². The molecule has 0 saturated carbocycles. The molecule has 0 aromatic carbocycles. The normalized spacial score (nSPS) is 15.4. The second-order valence-corrected chi connectivity index (χ2v) is 3.67. The van der Waals surface area contributed by atoms with Crippen LogP contribution in [0.2, 0.25) is 0 Å². The highest BCUT2D eigenvalue weighted by molar-refractivity contribution is 7.86. The summed E-state index contributed by atoms with van der Waals surface area (Å²) in [6.07, 6.45) is 0.0822. The average molecular weight is 154 g/mol. The number of hydrogen-bond acceptors (Lipinski definition) is 3. The van der Waals surface area contributed by atoms with Crippen LogP contribution in [-0.4, -0.2) is 29.9 Å². The van der Waals surface area contributed by atoms with Gasteiger partial charge in [0.1, 0.15) is 0 Å². The molecule has 0 aliphatic carbocycles. The zero-order chi connectivity index (χ0) is 7.49. The summed E-state index contributed by atoms with van der Waals surface area (Å²) in [7, 11) is -3.92. The van der Waals surface area contributed by atoms with E-state index in [-0.39, 0.29) is 13.0 Å². The van der Waals surface area contributed by atoms with Crippen LogP contribution in [0.5, 0.6) is 0 Å². The minimum Gasteiger partial charge on any atom is -0.396 e. The van der Waals surface area contributed by atoms with Crippen molar-refractivity contribution in [3.8, 4) is 0 Å². The molecular weight excluding hydrogens is 144 g/mol. The number of hydrogen-bond donors (Lipinski definition) is 2. The van der Waals surface area contributed by atoms with E-state index in [1.54, 1.807) is 0 Å². The number of rotatable bonds is 3. The molecule has 0 aliphatic rings. The van der Waals surface area contributed by atoms with Gasteiger partial charge in [-0.15, -0.1) is 0 Å². The molecule has 2 N–H and O–H groups in total. The molecule has 0 saturated heterocycles. The van der Waals surface area contributed by atoms with Gasteiger partial charge in [0.15, 0.2) is 0 Å². The zero-order valence-corrected chi connectivity index (χ0v) is 5.93. The second-order valence-electron chi connectivity index (χ2n) is 1.84. The minimum absolute atomic E-state index is 0.0822. The molecule has 1 atom stereocenters. The first kappa shape index (κ1) is 8.87. The Hall–Kier alpha value is -0.130. The molecular formula is C4H10O4S. The summed E-state index contributed by atoms with van der Waals surface area (Å²) in [5.41, 5.74) is 0. The molecule has 56 valence electrons. The standard InChI is InChI=1S/C4H10O4S/c1-4(2-3-5)9(6,7)8/h4-5H,2-3H2,1H3,(H,6,7,8)/t4-/m0/s1. The van der Waals surface area contributed by atoms with E-state index < -0.39 is 15.4 Å². The maximum Gasteiger partial charge on any atom is 0.267 e. The first-order valence-electron chi connectivity index (χ1n) is 2.55. The average Bonchev–Trinajstić information content (AvgIpc) is 1.64. The predicted octanol–water partition coefficient (Wildman–Crippen LogP) is -0.355. The van der Waals surface area contributed by atoms with Gasteiger partial charge in [0, 0.05) is 6.61 Å². The van der Waals surface area contributed by atoms with Crippen molar-refractivity contribution in [1.82, 2.24) is 0 Å². The van der Waals surface area contributed by atoms with Gasteiger partial charge in [0.25, 0.3) is 10.1 Å². The predicted molar refractivity (Wildman–Crippen MR) is 32.7 cm³/mol. The summed E-state index contributed by atoms with van der Waals surface area (Å²) in [6.45, 7) is 1.12. The van der Waals surface area contributed by atoms with Crippen molar-refractivity contribution < 1.29 is 18.1 Å². The van der Waals surface area contributed by atoms with Crippen LogP contribution < -0.4 is 0 Å². The summed E-state index contributed by atoms with van der Waals surface area (Å²) in [5.74, 6) is 0. The molecule has 0 aromatic heterocycles. The van der Waals surface area contributed by atoms with E-state index in [1.807, 2.05) is 0 Å². The van der Waals surface area contributed by atoms with Crippen molar-refractivity contribution in [3.05, 3.63) is 0 Å². The van der Waals surface area contributed by atoms with Gasteiger partial charge in [-0.05, 0) is 13.3 Å². The Morgan fingerprint density at radius 1 is 1.56 bits per heavy atom. The largest absolute Gasteiger partial charge is 0.396 e. The van der Waals surface area contributed by atoms with Crippen molar-refractivity contribution in [2.45, 2.75) is 18.6 Å². The molecule has 0 bridgehead atoms. The van der Waals surface area contributed by atoms with Gasteiger partial charge in [-0.1, -0.05) is 0 Å². The Labute approximate surface area is 54.3 Å². The Morgan fingerprint density at radius 3 is 2.11 bits per heavy atom. The van der Waals surface area contributed by atoms with Crippen LogP contribution in [0.1, 0.15) is 13.3 Å². The van der Waals surface area contributed by atoms with Gasteiger partial charge in [-0.2, -0.15) is 8.42 Å². The molecule has 0 rings (SSSR count). The molecule has 5 heteroatoms. The monoisotopic (exact) mass is 154 g/mol. The first-order valence-corrected chi connectivity index (χ1v) is 4.06. The van der Waals surface area contributed by atoms with Crippen molar-refractivity contribution in [1.29, 1.82) is 0 Å². The van der Waals surface area contributed by atoms with Crippen molar-refractivity contribution >= 4 is 10.1 Å². The SMILES string of the molecule is C[C@@H](CCO)S(=O)(=O)O. The maximum atomic E-state index is 10.2. The van der Waals surface area contributed by atoms with Crippen LogP contribution in [0.4, 0.5) is 0 Å². The number of aliphatic hydroxyl groups is 1. The van der Waals surface area contributed by atoms with Gasteiger partial charge in [-0.25, -0.2) is 0 Å². The van der Waals surface area contributed by atoms with Crippen LogP contribution in [0.15, 0.2) is 0 Å². The summed E-state index contributed by atoms with van der Waals surface area (Å²) in [5, 5.41) is 7.37. The maximum absolute atomic E-state index is 10.2. The molecule has 0 aromatic rings. The third kappa shape index (κ3) is 3.45. The lowest BCUT2D eigenvalue weighted by Gasteiger charge is -2.02. The van der Waals surface area contributed by atoms with E-state index in [4.69, 9.17) is 9.66 Å². The summed E-state index contributed by atoms with van der Waals surface area (Å²) in [6, 6.07) is 0. The van der Waals surface area contributed by atoms with E-state index in [0.717, 1.165) is 0 Å². The fourth-order valence-electron chi connectivity index (χ4n) is 0.331. The van der Waals surface area contributed by atoms with E-state index in [2.05, 4.69) is 0 Å². The van der Waals surface area contributed by atoms with E-state index in [9.17, 15) is 8.42 Å². The molecule has 0 unspecified atom stereocenters. The zero-order valence-electron chi connectivity index (χ0n) is 5.11. The molecule has 0 aliphatic heterocycles. The number of aliphatic hydroxyl groups excluding tert-OH is 1. The lowest BCUT2D eigenvalue weighted by molar-refractivity contribution is 0.284. The van der Waals surface area contributed by atoms with Gasteiger partial charge in [0.05, 0.1) is 5.25 Å². The fourth-order valence-corrected chi connectivity index (χ4v) is 0.734. The third-order valence-electron chi connectivity index (χ3n) is 1.04. The fraction of sp³-hybridized carbons (Fsp3) is 1.00. The molecule has 0 spiro atoms. The molecule has 0 fully saturated rings. The van der Waals surface area contributed by atoms with Gasteiger partial charge in [-0.3, -0.25) is 4.55 Å². The van der Waals surface area contributed by atoms with Gasteiger partial charge < -0.3 is 5.11 Å². The van der Waals surface area contributed by atoms with E-state index in [1.165, 1.54) is 6.92 Å². The second kappa shape index (κ2) is 3.14. The Morgan fingerprint density at radius 2 is 2.00 bits per heavy atom. The van der Waals surface area contributed by atoms with E-state index >= 15 is 0 Å². The lowest BCUT2D eigenvalue weighted by Crippen LogP contribution is -2.17. The summed E-state index contributed by atoms with van der Waals surface area (Å²) >= 11 is 0. The highest BCUT2D eigenvalue weighted by Gasteiger charge is 2.15. The van der Waals surface area contributed by atoms with Crippen molar-refractivity contribution in [2.75, 3.05) is 6.61 Å². The Kier molecular flexibility index (Phi) is 3.10. The molecule has 0 heterocycles. The molecule has 9 heavy (non-hydrogen) atoms. The van der Waals surface area contributed by atoms with Gasteiger partial charge in [0.2, 0.25) is 0 Å². The summed E-state index contributed by atoms with van der Waals surface area (Å²) < 4.78 is 28.6. The quantitative estimate of drug-likeness (QED) is 0.544. The van der Waals surface area contributed by atoms with Crippen LogP contribution in [0.25, 0.3) is 0 Å². The van der Waals surface area contributed by atoms with Crippen molar-refractivity contribution in [3.63, 3.8) is 0 Å². The molecule has 0 amide bonds. The first-order chi connectivity index (χ1) is 3.98. The Balaban J connectivity index is 3.90. The van der Waals surface area contributed by atoms with E-state index in [0.29, 0.717) is 0 Å². The summed E-state index contributed by atoms with van der Waals surface area (Å²) in [4.78, 5) is 0.